The molecule has 2 nitrogen and oxygen atoms in total. The predicted molar refractivity (Wildman–Crippen MR) is 62.2 cm³/mol. The first kappa shape index (κ1) is 11.3. The van der Waals surface area contributed by atoms with E-state index in [4.69, 9.17) is 0 Å². The first-order valence-electron chi connectivity index (χ1n) is 6.17. The lowest BCUT2D eigenvalue weighted by Crippen LogP contribution is -2.31. The Kier molecular flexibility index (Phi) is 3.95. The Morgan fingerprint density at radius 2 is 1.73 bits per heavy atom. The fraction of sp³-hybridized carbons (Fsp3) is 0.917. The Balaban J connectivity index is 1.85. The molecule has 0 aromatic heterocycles. The number of rotatable bonds is 3. The van der Waals surface area contributed by atoms with Gasteiger partial charge < -0.3 is 0 Å². The first-order valence-corrected chi connectivity index (χ1v) is 7.55. The fourth-order valence-electron chi connectivity index (χ4n) is 2.75. The molecule has 2 unspecified atom stereocenters. The van der Waals surface area contributed by atoms with Crippen molar-refractivity contribution in [2.24, 2.45) is 5.92 Å². The summed E-state index contributed by atoms with van der Waals surface area (Å²) in [5.41, 5.74) is 0. The first-order chi connectivity index (χ1) is 7.27. The largest absolute Gasteiger partial charge is 0.298 e. The highest BCUT2D eigenvalue weighted by molar-refractivity contribution is 7.86. The fourth-order valence-corrected chi connectivity index (χ4v) is 4.63. The third-order valence-corrected chi connectivity index (χ3v) is 5.62. The maximum Gasteiger partial charge on any atom is 0.148 e. The van der Waals surface area contributed by atoms with Gasteiger partial charge in [0.05, 0.1) is 5.25 Å². The van der Waals surface area contributed by atoms with Crippen LogP contribution in [-0.4, -0.2) is 21.0 Å². The van der Waals surface area contributed by atoms with Crippen LogP contribution >= 0.6 is 0 Å². The van der Waals surface area contributed by atoms with Gasteiger partial charge in [0.15, 0.2) is 0 Å². The molecule has 0 aliphatic heterocycles. The van der Waals surface area contributed by atoms with Crippen molar-refractivity contribution in [2.45, 2.75) is 56.6 Å². The molecule has 0 saturated heterocycles. The number of Topliss-reactive ketones (excluding diaryl/α,β-unsaturated/α-hetero) is 1. The molecule has 0 spiro atoms. The second-order valence-electron chi connectivity index (χ2n) is 4.90. The van der Waals surface area contributed by atoms with Crippen molar-refractivity contribution in [2.75, 3.05) is 5.75 Å². The lowest BCUT2D eigenvalue weighted by molar-refractivity contribution is -0.119. The topological polar surface area (TPSA) is 34.1 Å². The Bertz CT molecular complexity index is 256. The van der Waals surface area contributed by atoms with E-state index in [2.05, 4.69) is 0 Å². The van der Waals surface area contributed by atoms with E-state index in [0.717, 1.165) is 25.0 Å². The Hall–Kier alpha value is -0.180. The van der Waals surface area contributed by atoms with E-state index in [-0.39, 0.29) is 11.0 Å². The van der Waals surface area contributed by atoms with E-state index in [1.807, 2.05) is 0 Å². The highest BCUT2D eigenvalue weighted by atomic mass is 32.2. The molecule has 2 fully saturated rings. The number of ketones is 1. The summed E-state index contributed by atoms with van der Waals surface area (Å²) in [5.74, 6) is 1.69. The van der Waals surface area contributed by atoms with Gasteiger partial charge in [-0.1, -0.05) is 19.3 Å². The summed E-state index contributed by atoms with van der Waals surface area (Å²) in [6.07, 6.45) is 8.68. The van der Waals surface area contributed by atoms with Crippen molar-refractivity contribution >= 4 is 16.6 Å². The summed E-state index contributed by atoms with van der Waals surface area (Å²) in [7, 11) is -0.876. The molecule has 2 aliphatic carbocycles. The average Bonchev–Trinajstić information content (AvgIpc) is 2.71. The Morgan fingerprint density at radius 3 is 2.40 bits per heavy atom. The van der Waals surface area contributed by atoms with Crippen LogP contribution in [0.5, 0.6) is 0 Å². The molecule has 3 heteroatoms. The molecule has 0 N–H and O–H groups in total. The van der Waals surface area contributed by atoms with Gasteiger partial charge in [-0.25, -0.2) is 0 Å². The molecule has 2 rings (SSSR count). The molecule has 86 valence electrons. The van der Waals surface area contributed by atoms with E-state index in [1.54, 1.807) is 0 Å². The van der Waals surface area contributed by atoms with E-state index in [9.17, 15) is 9.00 Å². The summed E-state index contributed by atoms with van der Waals surface area (Å²) < 4.78 is 12.1. The van der Waals surface area contributed by atoms with Gasteiger partial charge in [0.1, 0.15) is 5.78 Å². The van der Waals surface area contributed by atoms with Gasteiger partial charge >= 0.3 is 0 Å². The van der Waals surface area contributed by atoms with Gasteiger partial charge in [0.2, 0.25) is 0 Å². The molecule has 0 bridgehead atoms. The lowest BCUT2D eigenvalue weighted by atomic mass is 9.99. The van der Waals surface area contributed by atoms with Crippen molar-refractivity contribution in [1.29, 1.82) is 0 Å². The highest BCUT2D eigenvalue weighted by Crippen LogP contribution is 2.28. The summed E-state index contributed by atoms with van der Waals surface area (Å²) in [6, 6.07) is 0. The molecule has 0 amide bonds. The zero-order chi connectivity index (χ0) is 10.7. The average molecular weight is 228 g/mol. The molecule has 15 heavy (non-hydrogen) atoms. The number of carbonyl (C=O) groups is 1. The highest BCUT2D eigenvalue weighted by Gasteiger charge is 2.29. The third kappa shape index (κ3) is 2.90. The lowest BCUT2D eigenvalue weighted by Gasteiger charge is -2.21. The summed E-state index contributed by atoms with van der Waals surface area (Å²) >= 11 is 0. The summed E-state index contributed by atoms with van der Waals surface area (Å²) in [6.45, 7) is 0. The van der Waals surface area contributed by atoms with Gasteiger partial charge in [-0.3, -0.25) is 9.00 Å². The van der Waals surface area contributed by atoms with Crippen LogP contribution < -0.4 is 0 Å². The molecule has 0 aromatic rings. The van der Waals surface area contributed by atoms with Crippen molar-refractivity contribution in [3.63, 3.8) is 0 Å². The SMILES string of the molecule is O=C1CCCCC1S(=O)CC1CCCC1. The van der Waals surface area contributed by atoms with Crippen LogP contribution in [0.25, 0.3) is 0 Å². The van der Waals surface area contributed by atoms with Gasteiger partial charge in [0.25, 0.3) is 0 Å². The van der Waals surface area contributed by atoms with E-state index < -0.39 is 10.8 Å². The van der Waals surface area contributed by atoms with E-state index >= 15 is 0 Å². The molecular weight excluding hydrogens is 208 g/mol. The molecule has 2 atom stereocenters. The molecule has 0 radical (unpaired) electrons. The number of carbonyl (C=O) groups excluding carboxylic acids is 1. The van der Waals surface area contributed by atoms with Gasteiger partial charge in [-0.05, 0) is 31.6 Å². The van der Waals surface area contributed by atoms with Crippen molar-refractivity contribution in [1.82, 2.24) is 0 Å². The van der Waals surface area contributed by atoms with Crippen LogP contribution in [0.4, 0.5) is 0 Å². The number of hydrogen-bond donors (Lipinski definition) is 0. The van der Waals surface area contributed by atoms with Gasteiger partial charge in [0, 0.05) is 23.0 Å². The minimum atomic E-state index is -0.876. The molecule has 0 heterocycles. The minimum absolute atomic E-state index is 0.112. The monoisotopic (exact) mass is 228 g/mol. The van der Waals surface area contributed by atoms with E-state index in [1.165, 1.54) is 25.7 Å². The van der Waals surface area contributed by atoms with Crippen LogP contribution in [0.15, 0.2) is 0 Å². The van der Waals surface area contributed by atoms with Crippen LogP contribution in [-0.2, 0) is 15.6 Å². The second kappa shape index (κ2) is 5.24. The third-order valence-electron chi connectivity index (χ3n) is 3.69. The second-order valence-corrected chi connectivity index (χ2v) is 6.56. The summed E-state index contributed by atoms with van der Waals surface area (Å²) in [4.78, 5) is 11.6. The number of hydrogen-bond acceptors (Lipinski definition) is 2. The molecule has 0 aromatic carbocycles. The molecular formula is C12H20O2S. The van der Waals surface area contributed by atoms with Crippen LogP contribution in [0.2, 0.25) is 0 Å². The molecule has 2 aliphatic rings. The zero-order valence-corrected chi connectivity index (χ0v) is 10.1. The van der Waals surface area contributed by atoms with Gasteiger partial charge in [-0.15, -0.1) is 0 Å². The maximum absolute atomic E-state index is 12.1. The Labute approximate surface area is 94.3 Å². The Morgan fingerprint density at radius 1 is 1.07 bits per heavy atom. The van der Waals surface area contributed by atoms with Crippen LogP contribution in [0.1, 0.15) is 51.4 Å². The smallest absolute Gasteiger partial charge is 0.148 e. The minimum Gasteiger partial charge on any atom is -0.298 e. The van der Waals surface area contributed by atoms with E-state index in [0.29, 0.717) is 12.3 Å². The van der Waals surface area contributed by atoms with Crippen LogP contribution in [0, 0.1) is 5.92 Å². The van der Waals surface area contributed by atoms with Crippen molar-refractivity contribution in [3.05, 3.63) is 0 Å². The maximum atomic E-state index is 12.1. The van der Waals surface area contributed by atoms with Gasteiger partial charge in [-0.2, -0.15) is 0 Å². The van der Waals surface area contributed by atoms with Crippen molar-refractivity contribution < 1.29 is 9.00 Å². The molecule has 2 saturated carbocycles. The quantitative estimate of drug-likeness (QED) is 0.743. The standard InChI is InChI=1S/C12H20O2S/c13-11-7-3-4-8-12(11)15(14)9-10-5-1-2-6-10/h10,12H,1-9H2. The zero-order valence-electron chi connectivity index (χ0n) is 9.24. The predicted octanol–water partition coefficient (Wildman–Crippen LogP) is 2.44. The summed E-state index contributed by atoms with van der Waals surface area (Å²) in [5, 5.41) is -0.112. The van der Waals surface area contributed by atoms with Crippen LogP contribution in [0.3, 0.4) is 0 Å². The van der Waals surface area contributed by atoms with Crippen molar-refractivity contribution in [3.8, 4) is 0 Å². The normalized spacial score (nSPS) is 30.7.